The van der Waals surface area contributed by atoms with E-state index in [-0.39, 0.29) is 6.10 Å². The molecule has 19 heavy (non-hydrogen) atoms. The molecule has 2 atom stereocenters. The predicted molar refractivity (Wildman–Crippen MR) is 76.7 cm³/mol. The molecular weight excluding hydrogens is 238 g/mol. The van der Waals surface area contributed by atoms with Crippen LogP contribution in [0.1, 0.15) is 32.1 Å². The van der Waals surface area contributed by atoms with Gasteiger partial charge in [0.2, 0.25) is 0 Å². The molecule has 3 heteroatoms. The maximum absolute atomic E-state index is 9.93. The maximum atomic E-state index is 9.93. The Hall–Kier alpha value is -1.22. The lowest BCUT2D eigenvalue weighted by molar-refractivity contribution is 0.129. The molecule has 0 bridgehead atoms. The molecule has 3 nitrogen and oxygen atoms in total. The molecule has 2 aliphatic rings. The number of aliphatic hydroxyl groups excluding tert-OH is 1. The van der Waals surface area contributed by atoms with Crippen LogP contribution in [0, 0.1) is 5.92 Å². The highest BCUT2D eigenvalue weighted by Crippen LogP contribution is 2.33. The van der Waals surface area contributed by atoms with E-state index in [4.69, 9.17) is 4.74 Å². The number of ether oxygens (including phenoxy) is 1. The molecule has 0 amide bonds. The van der Waals surface area contributed by atoms with E-state index < -0.39 is 0 Å². The second kappa shape index (κ2) is 5.83. The van der Waals surface area contributed by atoms with E-state index in [0.29, 0.717) is 5.92 Å². The third-order valence-corrected chi connectivity index (χ3v) is 4.42. The Labute approximate surface area is 115 Å². The molecule has 1 aromatic carbocycles. The summed E-state index contributed by atoms with van der Waals surface area (Å²) in [4.78, 5) is 2.42. The van der Waals surface area contributed by atoms with E-state index in [1.165, 1.54) is 18.5 Å². The highest BCUT2D eigenvalue weighted by molar-refractivity contribution is 5.58. The van der Waals surface area contributed by atoms with Crippen molar-refractivity contribution in [2.75, 3.05) is 24.6 Å². The molecule has 0 spiro atoms. The maximum Gasteiger partial charge on any atom is 0.142 e. The summed E-state index contributed by atoms with van der Waals surface area (Å²) in [6.07, 6.45) is 5.46. The number of anilines is 1. The Morgan fingerprint density at radius 2 is 2.11 bits per heavy atom. The van der Waals surface area contributed by atoms with Gasteiger partial charge in [0.05, 0.1) is 18.4 Å². The van der Waals surface area contributed by atoms with Crippen molar-refractivity contribution in [3.63, 3.8) is 0 Å². The van der Waals surface area contributed by atoms with E-state index >= 15 is 0 Å². The highest BCUT2D eigenvalue weighted by atomic mass is 16.5. The van der Waals surface area contributed by atoms with Crippen molar-refractivity contribution < 1.29 is 9.84 Å². The molecule has 104 valence electrons. The molecule has 0 aromatic heterocycles. The second-order valence-electron chi connectivity index (χ2n) is 5.70. The van der Waals surface area contributed by atoms with Crippen LogP contribution in [0.2, 0.25) is 0 Å². The van der Waals surface area contributed by atoms with Crippen LogP contribution in [0.15, 0.2) is 24.3 Å². The summed E-state index contributed by atoms with van der Waals surface area (Å²) in [6, 6.07) is 8.30. The molecule has 1 saturated carbocycles. The number of hydrogen-bond acceptors (Lipinski definition) is 3. The standard InChI is InChI=1S/C16H23NO2/c18-15-7-3-5-13(15)9-11-17-10-4-12-19-16-8-2-1-6-14(16)17/h1-2,6,8,13,15,18H,3-5,7,9-12H2. The van der Waals surface area contributed by atoms with Crippen LogP contribution in [-0.2, 0) is 0 Å². The molecule has 0 saturated heterocycles. The second-order valence-corrected chi connectivity index (χ2v) is 5.70. The average Bonchev–Trinajstić information content (AvgIpc) is 2.73. The number of hydrogen-bond donors (Lipinski definition) is 1. The molecule has 1 fully saturated rings. The van der Waals surface area contributed by atoms with Gasteiger partial charge in [-0.3, -0.25) is 0 Å². The number of aliphatic hydroxyl groups is 1. The molecule has 1 heterocycles. The summed E-state index contributed by atoms with van der Waals surface area (Å²) < 4.78 is 5.78. The van der Waals surface area contributed by atoms with Crippen LogP contribution in [-0.4, -0.2) is 30.9 Å². The first-order valence-electron chi connectivity index (χ1n) is 7.49. The summed E-state index contributed by atoms with van der Waals surface area (Å²) >= 11 is 0. The third-order valence-electron chi connectivity index (χ3n) is 4.42. The van der Waals surface area contributed by atoms with Gasteiger partial charge in [0, 0.05) is 13.1 Å². The first-order valence-corrected chi connectivity index (χ1v) is 7.49. The van der Waals surface area contributed by atoms with Gasteiger partial charge in [-0.2, -0.15) is 0 Å². The van der Waals surface area contributed by atoms with Crippen LogP contribution >= 0.6 is 0 Å². The van der Waals surface area contributed by atoms with E-state index in [0.717, 1.165) is 44.7 Å². The molecule has 1 N–H and O–H groups in total. The summed E-state index contributed by atoms with van der Waals surface area (Å²) in [5.74, 6) is 1.50. The van der Waals surface area contributed by atoms with Crippen LogP contribution in [0.25, 0.3) is 0 Å². The van der Waals surface area contributed by atoms with Gasteiger partial charge in [0.15, 0.2) is 0 Å². The Balaban J connectivity index is 1.67. The molecule has 1 aromatic rings. The number of nitrogens with zero attached hydrogens (tertiary/aromatic N) is 1. The van der Waals surface area contributed by atoms with Gasteiger partial charge in [-0.25, -0.2) is 0 Å². The van der Waals surface area contributed by atoms with Crippen LogP contribution < -0.4 is 9.64 Å². The van der Waals surface area contributed by atoms with Gasteiger partial charge in [0.1, 0.15) is 5.75 Å². The quantitative estimate of drug-likeness (QED) is 0.908. The normalized spacial score (nSPS) is 26.7. The minimum Gasteiger partial charge on any atom is -0.491 e. The van der Waals surface area contributed by atoms with Crippen molar-refractivity contribution in [1.29, 1.82) is 0 Å². The van der Waals surface area contributed by atoms with Gasteiger partial charge in [0.25, 0.3) is 0 Å². The van der Waals surface area contributed by atoms with Crippen molar-refractivity contribution in [2.45, 2.75) is 38.2 Å². The minimum atomic E-state index is -0.0709. The molecule has 3 rings (SSSR count). The summed E-state index contributed by atoms with van der Waals surface area (Å²) in [5, 5.41) is 9.93. The molecule has 0 radical (unpaired) electrons. The highest BCUT2D eigenvalue weighted by Gasteiger charge is 2.26. The Morgan fingerprint density at radius 3 is 2.95 bits per heavy atom. The fraction of sp³-hybridized carbons (Fsp3) is 0.625. The molecule has 1 aliphatic carbocycles. The van der Waals surface area contributed by atoms with Gasteiger partial charge in [-0.15, -0.1) is 0 Å². The summed E-state index contributed by atoms with van der Waals surface area (Å²) in [5.41, 5.74) is 1.22. The van der Waals surface area contributed by atoms with Gasteiger partial charge in [-0.05, 0) is 43.7 Å². The first kappa shape index (κ1) is 12.8. The number of fused-ring (bicyclic) bond motifs is 1. The zero-order chi connectivity index (χ0) is 13.1. The van der Waals surface area contributed by atoms with Crippen molar-refractivity contribution in [3.05, 3.63) is 24.3 Å². The number of benzene rings is 1. The summed E-state index contributed by atoms with van der Waals surface area (Å²) in [6.45, 7) is 2.89. The summed E-state index contributed by atoms with van der Waals surface area (Å²) in [7, 11) is 0. The Bertz CT molecular complexity index is 421. The molecular formula is C16H23NO2. The lowest BCUT2D eigenvalue weighted by Crippen LogP contribution is -2.28. The molecule has 1 aliphatic heterocycles. The fourth-order valence-corrected chi connectivity index (χ4v) is 3.31. The average molecular weight is 261 g/mol. The molecule has 2 unspecified atom stereocenters. The van der Waals surface area contributed by atoms with Gasteiger partial charge in [-0.1, -0.05) is 18.6 Å². The lowest BCUT2D eigenvalue weighted by Gasteiger charge is -2.26. The lowest BCUT2D eigenvalue weighted by atomic mass is 10.0. The largest absolute Gasteiger partial charge is 0.491 e. The minimum absolute atomic E-state index is 0.0709. The number of rotatable bonds is 3. The van der Waals surface area contributed by atoms with E-state index in [1.54, 1.807) is 0 Å². The first-order chi connectivity index (χ1) is 9.34. The fourth-order valence-electron chi connectivity index (χ4n) is 3.31. The van der Waals surface area contributed by atoms with Gasteiger partial charge >= 0.3 is 0 Å². The Kier molecular flexibility index (Phi) is 3.92. The predicted octanol–water partition coefficient (Wildman–Crippen LogP) is 2.83. The SMILES string of the molecule is OC1CCCC1CCN1CCCOc2ccccc21. The monoisotopic (exact) mass is 261 g/mol. The van der Waals surface area contributed by atoms with Crippen molar-refractivity contribution in [1.82, 2.24) is 0 Å². The number of para-hydroxylation sites is 2. The zero-order valence-corrected chi connectivity index (χ0v) is 11.4. The van der Waals surface area contributed by atoms with Crippen LogP contribution in [0.4, 0.5) is 5.69 Å². The zero-order valence-electron chi connectivity index (χ0n) is 11.4. The third kappa shape index (κ3) is 2.86. The van der Waals surface area contributed by atoms with Crippen LogP contribution in [0.3, 0.4) is 0 Å². The Morgan fingerprint density at radius 1 is 1.21 bits per heavy atom. The van der Waals surface area contributed by atoms with Crippen molar-refractivity contribution >= 4 is 5.69 Å². The van der Waals surface area contributed by atoms with E-state index in [1.807, 2.05) is 6.07 Å². The smallest absolute Gasteiger partial charge is 0.142 e. The van der Waals surface area contributed by atoms with Crippen molar-refractivity contribution in [3.8, 4) is 5.75 Å². The van der Waals surface area contributed by atoms with E-state index in [9.17, 15) is 5.11 Å². The topological polar surface area (TPSA) is 32.7 Å². The van der Waals surface area contributed by atoms with Crippen molar-refractivity contribution in [2.24, 2.45) is 5.92 Å². The van der Waals surface area contributed by atoms with Gasteiger partial charge < -0.3 is 14.7 Å². The van der Waals surface area contributed by atoms with E-state index in [2.05, 4.69) is 23.1 Å². The van der Waals surface area contributed by atoms with Crippen LogP contribution in [0.5, 0.6) is 5.75 Å².